The van der Waals surface area contributed by atoms with E-state index in [9.17, 15) is 22.4 Å². The van der Waals surface area contributed by atoms with Crippen LogP contribution in [0.1, 0.15) is 24.0 Å². The molecule has 1 aromatic heterocycles. The van der Waals surface area contributed by atoms with Crippen molar-refractivity contribution >= 4 is 22.4 Å². The molecule has 3 nitrogen and oxygen atoms in total. The summed E-state index contributed by atoms with van der Waals surface area (Å²) in [6, 6.07) is 2.53. The molecular weight excluding hydrogens is 308 g/mol. The molecule has 0 aliphatic rings. The van der Waals surface area contributed by atoms with Crippen molar-refractivity contribution in [3.8, 4) is 0 Å². The van der Waals surface area contributed by atoms with Crippen LogP contribution in [0.25, 0.3) is 0 Å². The summed E-state index contributed by atoms with van der Waals surface area (Å²) in [6.45, 7) is 1.44. The van der Waals surface area contributed by atoms with Crippen LogP contribution in [0.5, 0.6) is 0 Å². The molecule has 8 heteroatoms. The molecule has 0 saturated heterocycles. The Hall–Kier alpha value is -1.96. The van der Waals surface area contributed by atoms with Crippen LogP contribution >= 0.6 is 11.3 Å². The minimum absolute atomic E-state index is 0.0813. The monoisotopic (exact) mass is 318 g/mol. The lowest BCUT2D eigenvalue weighted by Gasteiger charge is -2.14. The number of nitrogens with zero attached hydrogens (tertiary/aromatic N) is 1. The van der Waals surface area contributed by atoms with Crippen molar-refractivity contribution in [2.24, 2.45) is 0 Å². The maximum absolute atomic E-state index is 13.2. The fourth-order valence-electron chi connectivity index (χ4n) is 1.68. The lowest BCUT2D eigenvalue weighted by Crippen LogP contribution is -2.19. The second-order valence-corrected chi connectivity index (χ2v) is 5.18. The minimum atomic E-state index is -4.80. The van der Waals surface area contributed by atoms with Crippen molar-refractivity contribution in [3.63, 3.8) is 0 Å². The van der Waals surface area contributed by atoms with Crippen LogP contribution in [-0.2, 0) is 11.0 Å². The van der Waals surface area contributed by atoms with Crippen LogP contribution < -0.4 is 5.32 Å². The van der Waals surface area contributed by atoms with Gasteiger partial charge in [-0.2, -0.15) is 13.2 Å². The molecule has 0 aliphatic heterocycles. The number of rotatable bonds is 3. The molecule has 1 N–H and O–H groups in total. The van der Waals surface area contributed by atoms with Gasteiger partial charge in [0.25, 0.3) is 0 Å². The number of alkyl halides is 3. The van der Waals surface area contributed by atoms with Gasteiger partial charge in [0.1, 0.15) is 5.82 Å². The fraction of sp³-hybridized carbons (Fsp3) is 0.231. The van der Waals surface area contributed by atoms with Gasteiger partial charge in [0.05, 0.1) is 11.5 Å². The molecule has 21 heavy (non-hydrogen) atoms. The van der Waals surface area contributed by atoms with E-state index in [0.717, 1.165) is 6.07 Å². The number of aromatic nitrogens is 1. The molecule has 0 saturated carbocycles. The molecule has 0 aliphatic carbocycles. The van der Waals surface area contributed by atoms with Crippen molar-refractivity contribution in [1.29, 1.82) is 0 Å². The van der Waals surface area contributed by atoms with Crippen LogP contribution in [0.2, 0.25) is 0 Å². The Morgan fingerprint density at radius 1 is 1.38 bits per heavy atom. The Balaban J connectivity index is 2.23. The van der Waals surface area contributed by atoms with Crippen molar-refractivity contribution in [1.82, 2.24) is 4.98 Å². The Morgan fingerprint density at radius 3 is 2.67 bits per heavy atom. The highest BCUT2D eigenvalue weighted by Crippen LogP contribution is 2.33. The predicted octanol–water partition coefficient (Wildman–Crippen LogP) is 4.04. The first kappa shape index (κ1) is 15.4. The summed E-state index contributed by atoms with van der Waals surface area (Å²) in [5, 5.41) is 4.49. The van der Waals surface area contributed by atoms with Crippen molar-refractivity contribution < 1.29 is 22.4 Å². The molecule has 1 heterocycles. The minimum Gasteiger partial charge on any atom is -0.301 e. The van der Waals surface area contributed by atoms with E-state index in [4.69, 9.17) is 0 Å². The van der Waals surface area contributed by atoms with E-state index in [2.05, 4.69) is 10.3 Å². The van der Waals surface area contributed by atoms with E-state index < -0.39 is 29.4 Å². The number of anilines is 1. The number of carbonyl (C=O) groups excluding carboxylic acids is 1. The zero-order chi connectivity index (χ0) is 15.6. The molecule has 112 valence electrons. The quantitative estimate of drug-likeness (QED) is 0.868. The number of hydrogen-bond donors (Lipinski definition) is 1. The van der Waals surface area contributed by atoms with Crippen LogP contribution in [0.3, 0.4) is 0 Å². The molecular formula is C13H10F4N2OS. The maximum Gasteiger partial charge on any atom is 0.419 e. The average molecular weight is 318 g/mol. The van der Waals surface area contributed by atoms with Crippen molar-refractivity contribution in [2.45, 2.75) is 19.0 Å². The van der Waals surface area contributed by atoms with Gasteiger partial charge in [-0.15, -0.1) is 11.3 Å². The molecule has 1 atom stereocenters. The van der Waals surface area contributed by atoms with Gasteiger partial charge in [0.2, 0.25) is 5.91 Å². The van der Waals surface area contributed by atoms with E-state index in [1.807, 2.05) is 0 Å². The van der Waals surface area contributed by atoms with Crippen LogP contribution in [0, 0.1) is 5.82 Å². The molecule has 0 spiro atoms. The smallest absolute Gasteiger partial charge is 0.301 e. The third kappa shape index (κ3) is 3.57. The maximum atomic E-state index is 13.2. The van der Waals surface area contributed by atoms with Gasteiger partial charge in [-0.3, -0.25) is 4.79 Å². The fourth-order valence-corrected chi connectivity index (χ4v) is 2.21. The predicted molar refractivity (Wildman–Crippen MR) is 70.6 cm³/mol. The average Bonchev–Trinajstić information content (AvgIpc) is 2.90. The normalized spacial score (nSPS) is 13.0. The van der Waals surface area contributed by atoms with Gasteiger partial charge in [-0.25, -0.2) is 9.37 Å². The Morgan fingerprint density at radius 2 is 2.10 bits per heavy atom. The summed E-state index contributed by atoms with van der Waals surface area (Å²) >= 11 is 1.19. The Labute approximate surface area is 121 Å². The van der Waals surface area contributed by atoms with E-state index in [1.54, 1.807) is 5.38 Å². The number of nitrogens with one attached hydrogen (secondary N) is 1. The van der Waals surface area contributed by atoms with Gasteiger partial charge in [-0.1, -0.05) is 6.07 Å². The largest absolute Gasteiger partial charge is 0.419 e. The molecule has 1 aromatic carbocycles. The van der Waals surface area contributed by atoms with Crippen molar-refractivity contribution in [2.75, 3.05) is 5.32 Å². The number of benzene rings is 1. The lowest BCUT2D eigenvalue weighted by molar-refractivity contribution is -0.140. The first-order valence-corrected chi connectivity index (χ1v) is 6.74. The van der Waals surface area contributed by atoms with E-state index in [-0.39, 0.29) is 5.56 Å². The number of hydrogen-bond acceptors (Lipinski definition) is 3. The number of amides is 1. The van der Waals surface area contributed by atoms with E-state index in [1.165, 1.54) is 24.5 Å². The molecule has 0 fully saturated rings. The zero-order valence-electron chi connectivity index (χ0n) is 10.7. The van der Waals surface area contributed by atoms with E-state index in [0.29, 0.717) is 17.3 Å². The van der Waals surface area contributed by atoms with Gasteiger partial charge in [-0.05, 0) is 24.6 Å². The summed E-state index contributed by atoms with van der Waals surface area (Å²) < 4.78 is 51.2. The third-order valence-corrected chi connectivity index (χ3v) is 3.54. The Bertz CT molecular complexity index is 640. The number of carbonyl (C=O) groups is 1. The standard InChI is InChI=1S/C13H10F4N2OS/c1-7(11(20)19-12-18-4-5-21-12)8-2-3-10(14)9(6-8)13(15,16)17/h2-7H,1H3,(H,18,19,20). The molecule has 1 unspecified atom stereocenters. The van der Waals surface area contributed by atoms with Crippen molar-refractivity contribution in [3.05, 3.63) is 46.7 Å². The van der Waals surface area contributed by atoms with Crippen LogP contribution in [0.4, 0.5) is 22.7 Å². The second kappa shape index (κ2) is 5.80. The highest BCUT2D eigenvalue weighted by Gasteiger charge is 2.34. The number of thiazole rings is 1. The SMILES string of the molecule is CC(C(=O)Nc1nccs1)c1ccc(F)c(C(F)(F)F)c1. The van der Waals surface area contributed by atoms with Gasteiger partial charge in [0.15, 0.2) is 5.13 Å². The van der Waals surface area contributed by atoms with Gasteiger partial charge >= 0.3 is 6.18 Å². The summed E-state index contributed by atoms with van der Waals surface area (Å²) in [5.41, 5.74) is -1.30. The molecule has 2 aromatic rings. The Kier molecular flexibility index (Phi) is 4.26. The lowest BCUT2D eigenvalue weighted by atomic mass is 9.98. The molecule has 0 bridgehead atoms. The summed E-state index contributed by atoms with van der Waals surface area (Å²) in [6.07, 6.45) is -3.31. The first-order valence-electron chi connectivity index (χ1n) is 5.86. The van der Waals surface area contributed by atoms with Gasteiger partial charge in [0, 0.05) is 11.6 Å². The molecule has 2 rings (SSSR count). The summed E-state index contributed by atoms with van der Waals surface area (Å²) in [5.74, 6) is -2.74. The van der Waals surface area contributed by atoms with Crippen LogP contribution in [-0.4, -0.2) is 10.9 Å². The zero-order valence-corrected chi connectivity index (χ0v) is 11.6. The summed E-state index contributed by atoms with van der Waals surface area (Å²) in [7, 11) is 0. The molecule has 0 radical (unpaired) electrons. The third-order valence-electron chi connectivity index (χ3n) is 2.85. The van der Waals surface area contributed by atoms with Crippen LogP contribution in [0.15, 0.2) is 29.8 Å². The molecule has 1 amide bonds. The number of halogens is 4. The van der Waals surface area contributed by atoms with Gasteiger partial charge < -0.3 is 5.32 Å². The highest BCUT2D eigenvalue weighted by molar-refractivity contribution is 7.13. The second-order valence-electron chi connectivity index (χ2n) is 4.29. The first-order chi connectivity index (χ1) is 9.79. The summed E-state index contributed by atoms with van der Waals surface area (Å²) in [4.78, 5) is 15.8. The van der Waals surface area contributed by atoms with E-state index >= 15 is 0 Å². The topological polar surface area (TPSA) is 42.0 Å². The highest BCUT2D eigenvalue weighted by atomic mass is 32.1.